The van der Waals surface area contributed by atoms with Crippen molar-refractivity contribution in [2.75, 3.05) is 19.6 Å². The summed E-state index contributed by atoms with van der Waals surface area (Å²) in [6.07, 6.45) is 7.61. The summed E-state index contributed by atoms with van der Waals surface area (Å²) in [5.41, 5.74) is 5.04. The third-order valence-electron chi connectivity index (χ3n) is 8.63. The number of piperidine rings is 1. The van der Waals surface area contributed by atoms with Crippen molar-refractivity contribution in [3.05, 3.63) is 100 Å². The lowest BCUT2D eigenvalue weighted by atomic mass is 9.86. The van der Waals surface area contributed by atoms with Crippen molar-refractivity contribution >= 4 is 43.6 Å². The Hall–Kier alpha value is -1.78. The van der Waals surface area contributed by atoms with Crippen LogP contribution in [0.4, 0.5) is 4.39 Å². The van der Waals surface area contributed by atoms with Crippen molar-refractivity contribution < 1.29 is 17.6 Å². The lowest BCUT2D eigenvalue weighted by Gasteiger charge is -2.29. The van der Waals surface area contributed by atoms with E-state index in [1.54, 1.807) is 12.1 Å². The van der Waals surface area contributed by atoms with Crippen LogP contribution in [0.1, 0.15) is 78.4 Å². The molecule has 1 heterocycles. The van der Waals surface area contributed by atoms with E-state index in [0.29, 0.717) is 5.56 Å². The third-order valence-corrected chi connectivity index (χ3v) is 11.1. The first kappa shape index (κ1) is 33.6. The van der Waals surface area contributed by atoms with Gasteiger partial charge in [0.25, 0.3) is 0 Å². The monoisotopic (exact) mass is 673 g/mol. The topological polar surface area (TPSA) is 78.5 Å². The Kier molecular flexibility index (Phi) is 11.3. The van der Waals surface area contributed by atoms with Gasteiger partial charge < -0.3 is 10.2 Å². The molecule has 0 saturated carbocycles. The lowest BCUT2D eigenvalue weighted by molar-refractivity contribution is -0.122. The largest absolute Gasteiger partial charge is 0.349 e. The van der Waals surface area contributed by atoms with Gasteiger partial charge in [-0.05, 0) is 104 Å². The summed E-state index contributed by atoms with van der Waals surface area (Å²) in [6, 6.07) is 17.9. The van der Waals surface area contributed by atoms with E-state index in [1.807, 2.05) is 6.07 Å². The number of sulfonamides is 1. The standard InChI is InChI=1S/C33H43FN3O3P3S/c34-27-13-11-24(12-14-27)31(36-44(39,40)28-8-5-7-26(21-28)33(41,42)43)22-32(38)35-30-9-4-6-25-20-23(10-15-29(25)30)16-19-37-17-2-1-3-18-37/h5,7-8,10-15,20-21,30-31,36H,1-4,6,9,16-19,22,41-43H2,(H,35,38)/t30-,31-/m1/s1. The number of rotatable bonds is 11. The lowest BCUT2D eigenvalue weighted by Crippen LogP contribution is -2.36. The van der Waals surface area contributed by atoms with Crippen molar-refractivity contribution in [3.63, 3.8) is 0 Å². The Morgan fingerprint density at radius 3 is 2.45 bits per heavy atom. The Morgan fingerprint density at radius 2 is 1.73 bits per heavy atom. The molecule has 5 atom stereocenters. The molecule has 0 spiro atoms. The van der Waals surface area contributed by atoms with Gasteiger partial charge in [-0.25, -0.2) is 17.5 Å². The van der Waals surface area contributed by atoms with E-state index >= 15 is 0 Å². The molecule has 0 radical (unpaired) electrons. The second kappa shape index (κ2) is 14.8. The van der Waals surface area contributed by atoms with E-state index in [9.17, 15) is 17.6 Å². The summed E-state index contributed by atoms with van der Waals surface area (Å²) in [4.78, 5) is 16.1. The van der Waals surface area contributed by atoms with E-state index in [0.717, 1.165) is 43.4 Å². The molecule has 3 unspecified atom stereocenters. The summed E-state index contributed by atoms with van der Waals surface area (Å²) >= 11 is 0. The van der Waals surface area contributed by atoms with Crippen LogP contribution in [0.3, 0.4) is 0 Å². The molecule has 2 N–H and O–H groups in total. The highest BCUT2D eigenvalue weighted by molar-refractivity contribution is 7.89. The second-order valence-electron chi connectivity index (χ2n) is 12.1. The van der Waals surface area contributed by atoms with E-state index in [-0.39, 0.29) is 23.3 Å². The van der Waals surface area contributed by atoms with Gasteiger partial charge >= 0.3 is 0 Å². The molecule has 3 aromatic rings. The first-order valence-electron chi connectivity index (χ1n) is 15.4. The van der Waals surface area contributed by atoms with Crippen LogP contribution in [-0.4, -0.2) is 38.9 Å². The van der Waals surface area contributed by atoms with Crippen molar-refractivity contribution in [3.8, 4) is 0 Å². The van der Waals surface area contributed by atoms with Crippen LogP contribution in [-0.2, 0) is 32.3 Å². The van der Waals surface area contributed by atoms with Gasteiger partial charge in [-0.3, -0.25) is 4.79 Å². The maximum absolute atomic E-state index is 13.8. The number of aryl methyl sites for hydroxylation is 1. The van der Waals surface area contributed by atoms with Crippen LogP contribution >= 0.6 is 27.7 Å². The molecule has 6 nitrogen and oxygen atoms in total. The molecule has 1 fully saturated rings. The maximum atomic E-state index is 13.8. The molecule has 0 aromatic heterocycles. The summed E-state index contributed by atoms with van der Waals surface area (Å²) in [5.74, 6) is -0.694. The maximum Gasteiger partial charge on any atom is 0.241 e. The molecule has 0 bridgehead atoms. The smallest absolute Gasteiger partial charge is 0.241 e. The van der Waals surface area contributed by atoms with E-state index in [2.05, 4.69) is 60.9 Å². The van der Waals surface area contributed by atoms with Gasteiger partial charge in [0, 0.05) is 17.6 Å². The average Bonchev–Trinajstić information content (AvgIpc) is 3.00. The number of halogens is 1. The number of nitrogens with one attached hydrogen (secondary N) is 2. The minimum absolute atomic E-state index is 0.0940. The molecule has 1 saturated heterocycles. The van der Waals surface area contributed by atoms with E-state index in [4.69, 9.17) is 0 Å². The molecular formula is C33H43FN3O3P3S. The van der Waals surface area contributed by atoms with Gasteiger partial charge in [0.15, 0.2) is 0 Å². The highest BCUT2D eigenvalue weighted by atomic mass is 32.2. The van der Waals surface area contributed by atoms with Gasteiger partial charge in [0.1, 0.15) is 5.82 Å². The molecule has 11 heteroatoms. The quantitative estimate of drug-likeness (QED) is 0.238. The van der Waals surface area contributed by atoms with Gasteiger partial charge in [-0.1, -0.05) is 48.9 Å². The van der Waals surface area contributed by atoms with Crippen molar-refractivity contribution in [2.45, 2.75) is 73.0 Å². The Balaban J connectivity index is 1.29. The molecule has 44 heavy (non-hydrogen) atoms. The zero-order valence-corrected chi connectivity index (χ0v) is 29.3. The van der Waals surface area contributed by atoms with Gasteiger partial charge in [0.2, 0.25) is 15.9 Å². The normalized spacial score (nSPS) is 18.4. The number of carbonyl (C=O) groups excluding carboxylic acids is 1. The summed E-state index contributed by atoms with van der Waals surface area (Å²) in [6.45, 7) is 3.46. The van der Waals surface area contributed by atoms with Crippen LogP contribution in [0.2, 0.25) is 0 Å². The first-order valence-corrected chi connectivity index (χ1v) is 18.6. The van der Waals surface area contributed by atoms with E-state index in [1.165, 1.54) is 73.8 Å². The summed E-state index contributed by atoms with van der Waals surface area (Å²) in [7, 11) is 3.95. The fraction of sp³-hybridized carbons (Fsp3) is 0.424. The summed E-state index contributed by atoms with van der Waals surface area (Å²) < 4.78 is 43.1. The zero-order chi connectivity index (χ0) is 31.3. The van der Waals surface area contributed by atoms with Crippen molar-refractivity contribution in [1.82, 2.24) is 14.9 Å². The van der Waals surface area contributed by atoms with Crippen LogP contribution in [0.15, 0.2) is 71.6 Å². The van der Waals surface area contributed by atoms with Crippen LogP contribution in [0.5, 0.6) is 0 Å². The molecule has 1 amide bonds. The fourth-order valence-corrected chi connectivity index (χ4v) is 8.00. The first-order chi connectivity index (χ1) is 21.0. The van der Waals surface area contributed by atoms with Crippen molar-refractivity contribution in [1.29, 1.82) is 0 Å². The molecule has 2 aliphatic rings. The number of amides is 1. The number of benzene rings is 3. The van der Waals surface area contributed by atoms with E-state index < -0.39 is 26.5 Å². The van der Waals surface area contributed by atoms with Gasteiger partial charge in [-0.15, -0.1) is 27.7 Å². The Bertz CT molecular complexity index is 1560. The highest BCUT2D eigenvalue weighted by Crippen LogP contribution is 2.45. The predicted octanol–water partition coefficient (Wildman–Crippen LogP) is 6.19. The summed E-state index contributed by atoms with van der Waals surface area (Å²) in [5, 5.41) is 3.18. The third kappa shape index (κ3) is 8.93. The second-order valence-corrected chi connectivity index (χ2v) is 18.7. The van der Waals surface area contributed by atoms with Crippen LogP contribution in [0, 0.1) is 5.82 Å². The number of carbonyl (C=O) groups is 1. The highest BCUT2D eigenvalue weighted by Gasteiger charge is 2.28. The number of likely N-dealkylation sites (tertiary alicyclic amines) is 1. The number of fused-ring (bicyclic) bond motifs is 1. The van der Waals surface area contributed by atoms with Crippen molar-refractivity contribution in [2.24, 2.45) is 0 Å². The zero-order valence-electron chi connectivity index (χ0n) is 25.0. The van der Waals surface area contributed by atoms with Gasteiger partial charge in [0.05, 0.1) is 17.0 Å². The predicted molar refractivity (Wildman–Crippen MR) is 186 cm³/mol. The number of hydrogen-bond acceptors (Lipinski definition) is 4. The minimum Gasteiger partial charge on any atom is -0.349 e. The molecule has 1 aliphatic carbocycles. The SMILES string of the molecule is O=C(C[C@@H](NS(=O)(=O)c1cccc(C(P)(P)P)c1)c1ccc(F)cc1)N[C@@H]1CCCc2cc(CCN3CCCCC3)ccc21. The molecular weight excluding hydrogens is 630 g/mol. The number of hydrogen-bond donors (Lipinski definition) is 2. The van der Waals surface area contributed by atoms with Crippen LogP contribution < -0.4 is 10.0 Å². The molecule has 5 rings (SSSR count). The minimum atomic E-state index is -4.00. The van der Waals surface area contributed by atoms with Crippen LogP contribution in [0.25, 0.3) is 0 Å². The Morgan fingerprint density at radius 1 is 0.977 bits per heavy atom. The van der Waals surface area contributed by atoms with Gasteiger partial charge in [-0.2, -0.15) is 0 Å². The average molecular weight is 674 g/mol. The fourth-order valence-electron chi connectivity index (χ4n) is 6.19. The number of nitrogens with zero attached hydrogens (tertiary/aromatic N) is 1. The molecule has 1 aliphatic heterocycles. The Labute approximate surface area is 268 Å². The molecule has 3 aromatic carbocycles. The molecule has 236 valence electrons.